The van der Waals surface area contributed by atoms with Gasteiger partial charge in [-0.05, 0) is 50.1 Å². The standard InChI is InChI=1S/C26H31N3O4S/c1-34-18-9-5-8-16(14-18)28-23(30)20-19-12-13-26(33-19)21(20)25(32)29(17-10-11-17)22(26)24(31)27-15-6-3-2-4-7-15/h5,8-9,12-15,17,19-22H,2-4,6-7,10-11H2,1H3,(H,27,31)(H,28,30). The number of amides is 3. The lowest BCUT2D eigenvalue weighted by atomic mass is 9.74. The number of hydrogen-bond donors (Lipinski definition) is 2. The Labute approximate surface area is 204 Å². The number of nitrogens with zero attached hydrogens (tertiary/aromatic N) is 1. The molecule has 2 saturated carbocycles. The number of fused-ring (bicyclic) bond motifs is 1. The fourth-order valence-corrected chi connectivity index (χ4v) is 6.87. The predicted octanol–water partition coefficient (Wildman–Crippen LogP) is 3.11. The van der Waals surface area contributed by atoms with Gasteiger partial charge in [0.1, 0.15) is 11.6 Å². The lowest BCUT2D eigenvalue weighted by Gasteiger charge is -2.34. The largest absolute Gasteiger partial charge is 0.359 e. The molecule has 7 nitrogen and oxygen atoms in total. The maximum absolute atomic E-state index is 13.8. The minimum atomic E-state index is -1.06. The molecule has 1 aromatic carbocycles. The summed E-state index contributed by atoms with van der Waals surface area (Å²) < 4.78 is 6.40. The van der Waals surface area contributed by atoms with Gasteiger partial charge in [0, 0.05) is 22.7 Å². The van der Waals surface area contributed by atoms with E-state index in [4.69, 9.17) is 4.74 Å². The van der Waals surface area contributed by atoms with Crippen molar-refractivity contribution in [1.82, 2.24) is 10.2 Å². The van der Waals surface area contributed by atoms with Crippen LogP contribution in [0, 0.1) is 11.8 Å². The molecule has 4 fully saturated rings. The highest BCUT2D eigenvalue weighted by Crippen LogP contribution is 2.57. The number of likely N-dealkylation sites (tertiary alicyclic amines) is 1. The lowest BCUT2D eigenvalue weighted by molar-refractivity contribution is -0.142. The third-order valence-electron chi connectivity index (χ3n) is 8.09. The van der Waals surface area contributed by atoms with E-state index < -0.39 is 29.6 Å². The van der Waals surface area contributed by atoms with Gasteiger partial charge < -0.3 is 20.3 Å². The van der Waals surface area contributed by atoms with Crippen LogP contribution in [0.2, 0.25) is 0 Å². The molecular weight excluding hydrogens is 450 g/mol. The van der Waals surface area contributed by atoms with Crippen LogP contribution in [0.15, 0.2) is 41.3 Å². The average molecular weight is 482 g/mol. The summed E-state index contributed by atoms with van der Waals surface area (Å²) in [5, 5.41) is 6.24. The number of carbonyl (C=O) groups excluding carboxylic acids is 3. The molecule has 2 aliphatic carbocycles. The van der Waals surface area contributed by atoms with Gasteiger partial charge in [0.25, 0.3) is 0 Å². The van der Waals surface area contributed by atoms with E-state index in [1.54, 1.807) is 16.7 Å². The normalized spacial score (nSPS) is 34.4. The summed E-state index contributed by atoms with van der Waals surface area (Å²) in [6, 6.07) is 7.17. The van der Waals surface area contributed by atoms with Gasteiger partial charge in [-0.3, -0.25) is 14.4 Å². The molecule has 3 amide bonds. The van der Waals surface area contributed by atoms with Gasteiger partial charge in [-0.15, -0.1) is 11.8 Å². The first-order valence-corrected chi connectivity index (χ1v) is 13.7. The topological polar surface area (TPSA) is 87.7 Å². The number of rotatable bonds is 6. The predicted molar refractivity (Wildman–Crippen MR) is 129 cm³/mol. The third kappa shape index (κ3) is 3.49. The molecule has 3 aliphatic heterocycles. The molecule has 2 bridgehead atoms. The molecule has 8 heteroatoms. The second-order valence-electron chi connectivity index (χ2n) is 10.2. The van der Waals surface area contributed by atoms with Gasteiger partial charge in [-0.25, -0.2) is 0 Å². The Hall–Kier alpha value is -2.32. The van der Waals surface area contributed by atoms with Crippen molar-refractivity contribution in [3.63, 3.8) is 0 Å². The summed E-state index contributed by atoms with van der Waals surface area (Å²) in [5.41, 5.74) is -0.361. The van der Waals surface area contributed by atoms with E-state index >= 15 is 0 Å². The van der Waals surface area contributed by atoms with Crippen molar-refractivity contribution < 1.29 is 19.1 Å². The first-order chi connectivity index (χ1) is 16.5. The van der Waals surface area contributed by atoms with Crippen LogP contribution in [0.5, 0.6) is 0 Å². The number of ether oxygens (including phenoxy) is 1. The Morgan fingerprint density at radius 1 is 1.12 bits per heavy atom. The molecule has 1 aromatic rings. The Bertz CT molecular complexity index is 1050. The van der Waals surface area contributed by atoms with Gasteiger partial charge in [-0.1, -0.05) is 37.5 Å². The van der Waals surface area contributed by atoms with Crippen LogP contribution in [0.4, 0.5) is 5.69 Å². The molecule has 5 unspecified atom stereocenters. The maximum atomic E-state index is 13.8. The lowest BCUT2D eigenvalue weighted by Crippen LogP contribution is -2.57. The zero-order chi connectivity index (χ0) is 23.4. The Balaban J connectivity index is 1.28. The monoisotopic (exact) mass is 481 g/mol. The van der Waals surface area contributed by atoms with Gasteiger partial charge in [0.05, 0.1) is 17.9 Å². The van der Waals surface area contributed by atoms with Gasteiger partial charge in [0.2, 0.25) is 17.7 Å². The van der Waals surface area contributed by atoms with Crippen molar-refractivity contribution in [2.75, 3.05) is 11.6 Å². The van der Waals surface area contributed by atoms with Crippen LogP contribution in [0.25, 0.3) is 0 Å². The Morgan fingerprint density at radius 3 is 2.65 bits per heavy atom. The van der Waals surface area contributed by atoms with Crippen molar-refractivity contribution in [2.45, 2.75) is 79.7 Å². The highest BCUT2D eigenvalue weighted by atomic mass is 32.2. The minimum absolute atomic E-state index is 0.0626. The molecule has 5 aliphatic rings. The zero-order valence-corrected chi connectivity index (χ0v) is 20.2. The van der Waals surface area contributed by atoms with Crippen molar-refractivity contribution >= 4 is 35.2 Å². The summed E-state index contributed by atoms with van der Waals surface area (Å²) in [6.45, 7) is 0. The molecule has 1 spiro atoms. The SMILES string of the molecule is CSc1cccc(NC(=O)C2C3C=CC4(O3)C2C(=O)N(C2CC2)C4C(=O)NC2CCCCC2)c1. The molecule has 0 aromatic heterocycles. The number of anilines is 1. The van der Waals surface area contributed by atoms with Crippen molar-refractivity contribution in [2.24, 2.45) is 11.8 Å². The molecule has 6 rings (SSSR count). The van der Waals surface area contributed by atoms with Gasteiger partial charge >= 0.3 is 0 Å². The fraction of sp³-hybridized carbons (Fsp3) is 0.577. The van der Waals surface area contributed by atoms with E-state index in [1.807, 2.05) is 42.7 Å². The highest BCUT2D eigenvalue weighted by Gasteiger charge is 2.74. The van der Waals surface area contributed by atoms with E-state index in [2.05, 4.69) is 10.6 Å². The van der Waals surface area contributed by atoms with Gasteiger partial charge in [0.15, 0.2) is 0 Å². The maximum Gasteiger partial charge on any atom is 0.246 e. The van der Waals surface area contributed by atoms with E-state index in [1.165, 1.54) is 6.42 Å². The van der Waals surface area contributed by atoms with Crippen LogP contribution in [-0.2, 0) is 19.1 Å². The van der Waals surface area contributed by atoms with Crippen LogP contribution in [0.3, 0.4) is 0 Å². The summed E-state index contributed by atoms with van der Waals surface area (Å²) in [7, 11) is 0. The molecule has 0 radical (unpaired) electrons. The van der Waals surface area contributed by atoms with Crippen LogP contribution < -0.4 is 10.6 Å². The summed E-state index contributed by atoms with van der Waals surface area (Å²) in [6.07, 6.45) is 12.5. The van der Waals surface area contributed by atoms with Crippen molar-refractivity contribution in [3.8, 4) is 0 Å². The average Bonchev–Trinajstić information content (AvgIpc) is 3.44. The molecular formula is C26H31N3O4S. The Morgan fingerprint density at radius 2 is 1.91 bits per heavy atom. The molecule has 34 heavy (non-hydrogen) atoms. The molecule has 3 heterocycles. The summed E-state index contributed by atoms with van der Waals surface area (Å²) >= 11 is 1.60. The van der Waals surface area contributed by atoms with Crippen LogP contribution in [0.1, 0.15) is 44.9 Å². The second-order valence-corrected chi connectivity index (χ2v) is 11.1. The number of thioether (sulfide) groups is 1. The molecule has 5 atom stereocenters. The zero-order valence-electron chi connectivity index (χ0n) is 19.4. The quantitative estimate of drug-likeness (QED) is 0.482. The van der Waals surface area contributed by atoms with E-state index in [-0.39, 0.29) is 29.8 Å². The number of hydrogen-bond acceptors (Lipinski definition) is 5. The molecule has 180 valence electrons. The first kappa shape index (κ1) is 22.2. The smallest absolute Gasteiger partial charge is 0.246 e. The fourth-order valence-electron chi connectivity index (χ4n) is 6.41. The van der Waals surface area contributed by atoms with Crippen LogP contribution in [-0.4, -0.2) is 58.7 Å². The number of nitrogens with one attached hydrogen (secondary N) is 2. The molecule has 2 saturated heterocycles. The first-order valence-electron chi connectivity index (χ1n) is 12.5. The minimum Gasteiger partial charge on any atom is -0.359 e. The summed E-state index contributed by atoms with van der Waals surface area (Å²) in [5.74, 6) is -1.79. The third-order valence-corrected chi connectivity index (χ3v) is 8.82. The van der Waals surface area contributed by atoms with E-state index in [0.717, 1.165) is 43.4 Å². The van der Waals surface area contributed by atoms with E-state index in [0.29, 0.717) is 5.69 Å². The van der Waals surface area contributed by atoms with Crippen LogP contribution >= 0.6 is 11.8 Å². The molecule has 2 N–H and O–H groups in total. The van der Waals surface area contributed by atoms with Crippen molar-refractivity contribution in [1.29, 1.82) is 0 Å². The number of carbonyl (C=O) groups is 3. The van der Waals surface area contributed by atoms with E-state index in [9.17, 15) is 14.4 Å². The highest BCUT2D eigenvalue weighted by molar-refractivity contribution is 7.98. The number of benzene rings is 1. The Kier molecular flexibility index (Phi) is 5.48. The van der Waals surface area contributed by atoms with Gasteiger partial charge in [-0.2, -0.15) is 0 Å². The second kappa shape index (κ2) is 8.41. The van der Waals surface area contributed by atoms with Crippen molar-refractivity contribution in [3.05, 3.63) is 36.4 Å². The summed E-state index contributed by atoms with van der Waals surface area (Å²) in [4.78, 5) is 43.7.